The molecule has 0 fully saturated rings. The summed E-state index contributed by atoms with van der Waals surface area (Å²) >= 11 is 0. The van der Waals surface area contributed by atoms with Crippen LogP contribution in [0.1, 0.15) is 11.4 Å². The summed E-state index contributed by atoms with van der Waals surface area (Å²) in [6.45, 7) is 0. The number of alkyl halides is 3. The maximum atomic E-state index is 12.5. The van der Waals surface area contributed by atoms with Gasteiger partial charge in [-0.1, -0.05) is 6.07 Å². The largest absolute Gasteiger partial charge is 0.481 e. The summed E-state index contributed by atoms with van der Waals surface area (Å²) in [5, 5.41) is 14.9. The van der Waals surface area contributed by atoms with Crippen molar-refractivity contribution in [3.8, 4) is 0 Å². The number of aromatic nitrogens is 3. The van der Waals surface area contributed by atoms with Crippen molar-refractivity contribution in [2.45, 2.75) is 12.6 Å². The first-order valence-corrected chi connectivity index (χ1v) is 4.50. The van der Waals surface area contributed by atoms with Gasteiger partial charge in [0.05, 0.1) is 6.42 Å². The van der Waals surface area contributed by atoms with Gasteiger partial charge in [0.2, 0.25) is 5.82 Å². The van der Waals surface area contributed by atoms with Crippen molar-refractivity contribution in [2.24, 2.45) is 0 Å². The van der Waals surface area contributed by atoms with E-state index in [1.54, 1.807) is 0 Å². The van der Waals surface area contributed by atoms with Gasteiger partial charge in [0.25, 0.3) is 0 Å². The third-order valence-corrected chi connectivity index (χ3v) is 2.07. The zero-order valence-electron chi connectivity index (χ0n) is 8.27. The molecule has 0 atom stereocenters. The lowest BCUT2D eigenvalue weighted by atomic mass is 10.2. The van der Waals surface area contributed by atoms with Crippen molar-refractivity contribution in [3.05, 3.63) is 29.7 Å². The quantitative estimate of drug-likeness (QED) is 0.867. The Morgan fingerprint density at radius 2 is 2.06 bits per heavy atom. The number of rotatable bonds is 2. The average molecular weight is 245 g/mol. The Labute approximate surface area is 92.5 Å². The standard InChI is InChI=1S/C9H6F3N3O2/c10-9(11,12)8-14-13-6-2-1-5(3-7(16)17)4-15(6)8/h1-2,4H,3H2,(H,16,17). The number of carboxylic acid groups (broad SMARTS) is 1. The van der Waals surface area contributed by atoms with Crippen LogP contribution in [0.15, 0.2) is 18.3 Å². The first-order chi connectivity index (χ1) is 7.88. The van der Waals surface area contributed by atoms with E-state index in [-0.39, 0.29) is 17.6 Å². The number of pyridine rings is 1. The number of hydrogen-bond acceptors (Lipinski definition) is 3. The minimum Gasteiger partial charge on any atom is -0.481 e. The molecule has 0 aliphatic heterocycles. The summed E-state index contributed by atoms with van der Waals surface area (Å²) < 4.78 is 38.3. The molecule has 0 radical (unpaired) electrons. The lowest BCUT2D eigenvalue weighted by Gasteiger charge is -2.04. The van der Waals surface area contributed by atoms with Crippen molar-refractivity contribution < 1.29 is 23.1 Å². The molecule has 90 valence electrons. The van der Waals surface area contributed by atoms with Crippen LogP contribution in [0.4, 0.5) is 13.2 Å². The van der Waals surface area contributed by atoms with Crippen LogP contribution >= 0.6 is 0 Å². The first-order valence-electron chi connectivity index (χ1n) is 4.50. The number of hydrogen-bond donors (Lipinski definition) is 1. The van der Waals surface area contributed by atoms with E-state index in [4.69, 9.17) is 5.11 Å². The third-order valence-electron chi connectivity index (χ3n) is 2.07. The van der Waals surface area contributed by atoms with Gasteiger partial charge >= 0.3 is 12.1 Å². The van der Waals surface area contributed by atoms with Crippen molar-refractivity contribution in [2.75, 3.05) is 0 Å². The number of halogens is 3. The maximum Gasteiger partial charge on any atom is 0.452 e. The Morgan fingerprint density at radius 1 is 1.35 bits per heavy atom. The number of carboxylic acids is 1. The number of fused-ring (bicyclic) bond motifs is 1. The van der Waals surface area contributed by atoms with Gasteiger partial charge in [0, 0.05) is 6.20 Å². The summed E-state index contributed by atoms with van der Waals surface area (Å²) in [6.07, 6.45) is -3.90. The fraction of sp³-hybridized carbons (Fsp3) is 0.222. The topological polar surface area (TPSA) is 67.5 Å². The van der Waals surface area contributed by atoms with Crippen LogP contribution in [-0.2, 0) is 17.4 Å². The molecule has 0 bridgehead atoms. The van der Waals surface area contributed by atoms with Crippen molar-refractivity contribution in [1.29, 1.82) is 0 Å². The second-order valence-corrected chi connectivity index (χ2v) is 3.36. The Kier molecular flexibility index (Phi) is 2.49. The Balaban J connectivity index is 2.54. The highest BCUT2D eigenvalue weighted by molar-refractivity contribution is 5.70. The molecule has 0 saturated carbocycles. The lowest BCUT2D eigenvalue weighted by molar-refractivity contribution is -0.145. The molecule has 2 rings (SSSR count). The van der Waals surface area contributed by atoms with Gasteiger partial charge in [-0.05, 0) is 11.6 Å². The molecule has 0 aliphatic carbocycles. The van der Waals surface area contributed by atoms with Gasteiger partial charge in [0.15, 0.2) is 5.65 Å². The zero-order valence-corrected chi connectivity index (χ0v) is 8.27. The Morgan fingerprint density at radius 3 is 2.65 bits per heavy atom. The second kappa shape index (κ2) is 3.72. The van der Waals surface area contributed by atoms with Gasteiger partial charge in [-0.2, -0.15) is 13.2 Å². The number of nitrogens with zero attached hydrogens (tertiary/aromatic N) is 3. The van der Waals surface area contributed by atoms with Crippen molar-refractivity contribution >= 4 is 11.6 Å². The first kappa shape index (κ1) is 11.4. The summed E-state index contributed by atoms with van der Waals surface area (Å²) in [5.41, 5.74) is 0.266. The zero-order chi connectivity index (χ0) is 12.6. The molecular weight excluding hydrogens is 239 g/mol. The van der Waals surface area contributed by atoms with Gasteiger partial charge in [-0.3, -0.25) is 9.20 Å². The fourth-order valence-electron chi connectivity index (χ4n) is 1.41. The molecule has 2 aromatic heterocycles. The molecule has 5 nitrogen and oxygen atoms in total. The van der Waals surface area contributed by atoms with Crippen LogP contribution in [0, 0.1) is 0 Å². The predicted octanol–water partition coefficient (Wildman–Crippen LogP) is 1.38. The van der Waals surface area contributed by atoms with E-state index in [2.05, 4.69) is 10.2 Å². The van der Waals surface area contributed by atoms with E-state index < -0.39 is 18.0 Å². The molecule has 0 unspecified atom stereocenters. The highest BCUT2D eigenvalue weighted by Gasteiger charge is 2.36. The van der Waals surface area contributed by atoms with Crippen LogP contribution in [-0.4, -0.2) is 25.7 Å². The fourth-order valence-corrected chi connectivity index (χ4v) is 1.41. The maximum absolute atomic E-state index is 12.5. The molecule has 8 heteroatoms. The van der Waals surface area contributed by atoms with E-state index in [0.29, 0.717) is 0 Å². The molecule has 0 amide bonds. The van der Waals surface area contributed by atoms with Crippen LogP contribution in [0.2, 0.25) is 0 Å². The minimum absolute atomic E-state index is 0.0199. The molecule has 0 aliphatic rings. The van der Waals surface area contributed by atoms with Crippen LogP contribution in [0.5, 0.6) is 0 Å². The smallest absolute Gasteiger partial charge is 0.452 e. The average Bonchev–Trinajstić information content (AvgIpc) is 2.58. The van der Waals surface area contributed by atoms with Crippen LogP contribution in [0.25, 0.3) is 5.65 Å². The van der Waals surface area contributed by atoms with E-state index in [1.165, 1.54) is 12.1 Å². The van der Waals surface area contributed by atoms with E-state index >= 15 is 0 Å². The van der Waals surface area contributed by atoms with Crippen LogP contribution < -0.4 is 0 Å². The Bertz CT molecular complexity index is 576. The lowest BCUT2D eigenvalue weighted by Crippen LogP contribution is -2.11. The van der Waals surface area contributed by atoms with Gasteiger partial charge in [-0.25, -0.2) is 0 Å². The van der Waals surface area contributed by atoms with Gasteiger partial charge in [-0.15, -0.1) is 10.2 Å². The summed E-state index contributed by atoms with van der Waals surface area (Å²) in [4.78, 5) is 10.5. The SMILES string of the molecule is O=C(O)Cc1ccc2nnc(C(F)(F)F)n2c1. The number of aliphatic carboxylic acids is 1. The predicted molar refractivity (Wildman–Crippen MR) is 49.3 cm³/mol. The highest BCUT2D eigenvalue weighted by Crippen LogP contribution is 2.27. The highest BCUT2D eigenvalue weighted by atomic mass is 19.4. The summed E-state index contributed by atoms with van der Waals surface area (Å²) in [5.74, 6) is -2.29. The van der Waals surface area contributed by atoms with Crippen molar-refractivity contribution in [1.82, 2.24) is 14.6 Å². The third kappa shape index (κ3) is 2.19. The summed E-state index contributed by atoms with van der Waals surface area (Å²) in [6, 6.07) is 2.69. The molecule has 2 aromatic rings. The number of carbonyl (C=O) groups is 1. The molecule has 0 saturated heterocycles. The van der Waals surface area contributed by atoms with Crippen LogP contribution in [0.3, 0.4) is 0 Å². The van der Waals surface area contributed by atoms with Gasteiger partial charge < -0.3 is 5.11 Å². The van der Waals surface area contributed by atoms with E-state index in [0.717, 1.165) is 10.6 Å². The molecular formula is C9H6F3N3O2. The molecule has 2 heterocycles. The second-order valence-electron chi connectivity index (χ2n) is 3.36. The molecule has 0 spiro atoms. The molecule has 1 N–H and O–H groups in total. The van der Waals surface area contributed by atoms with E-state index in [1.807, 2.05) is 0 Å². The van der Waals surface area contributed by atoms with Crippen molar-refractivity contribution in [3.63, 3.8) is 0 Å². The minimum atomic E-state index is -4.62. The molecule has 17 heavy (non-hydrogen) atoms. The summed E-state index contributed by atoms with van der Waals surface area (Å²) in [7, 11) is 0. The Hall–Kier alpha value is -2.12. The van der Waals surface area contributed by atoms with E-state index in [9.17, 15) is 18.0 Å². The molecule has 0 aromatic carbocycles. The monoisotopic (exact) mass is 245 g/mol. The normalized spacial score (nSPS) is 11.9. The van der Waals surface area contributed by atoms with Gasteiger partial charge in [0.1, 0.15) is 0 Å².